The van der Waals surface area contributed by atoms with Crippen molar-refractivity contribution < 1.29 is 17.9 Å². The first-order chi connectivity index (χ1) is 16.3. The van der Waals surface area contributed by atoms with Crippen LogP contribution in [-0.4, -0.2) is 54.8 Å². The van der Waals surface area contributed by atoms with Gasteiger partial charge in [-0.15, -0.1) is 0 Å². The molecule has 9 heteroatoms. The van der Waals surface area contributed by atoms with Gasteiger partial charge in [0.15, 0.2) is 0 Å². The van der Waals surface area contributed by atoms with E-state index in [-0.39, 0.29) is 17.8 Å². The minimum Gasteiger partial charge on any atom is -0.398 e. The molecule has 1 aliphatic heterocycles. The van der Waals surface area contributed by atoms with Gasteiger partial charge in [-0.3, -0.25) is 0 Å². The van der Waals surface area contributed by atoms with Crippen molar-refractivity contribution in [2.24, 2.45) is 0 Å². The van der Waals surface area contributed by atoms with Crippen molar-refractivity contribution in [2.75, 3.05) is 48.7 Å². The molecule has 0 spiro atoms. The standard InChI is InChI=1S/C25H31F3N4OS/c26-25(27,28)22-16-19(8-11-23(22)29)30-18-6-9-21(10-7-18)33-17-24(34)32-14-12-31(13-15-32)20-4-2-1-3-5-20/h1-5,8,11,16,18,21,30H,6-7,9-10,12-15,17,29H2. The third kappa shape index (κ3) is 6.33. The molecule has 0 radical (unpaired) electrons. The van der Waals surface area contributed by atoms with Gasteiger partial charge in [0.25, 0.3) is 0 Å². The number of nitrogens with zero attached hydrogens (tertiary/aromatic N) is 2. The Morgan fingerprint density at radius 1 is 1.00 bits per heavy atom. The number of hydrogen-bond donors (Lipinski definition) is 2. The molecule has 3 N–H and O–H groups in total. The van der Waals surface area contributed by atoms with Crippen LogP contribution in [0.4, 0.5) is 30.2 Å². The summed E-state index contributed by atoms with van der Waals surface area (Å²) in [4.78, 5) is 5.43. The van der Waals surface area contributed by atoms with Gasteiger partial charge >= 0.3 is 6.18 Å². The largest absolute Gasteiger partial charge is 0.418 e. The molecular weight excluding hydrogens is 461 g/mol. The number of thiocarbonyl (C=S) groups is 1. The van der Waals surface area contributed by atoms with Gasteiger partial charge < -0.3 is 25.6 Å². The van der Waals surface area contributed by atoms with Crippen molar-refractivity contribution in [3.63, 3.8) is 0 Å². The maximum absolute atomic E-state index is 13.1. The van der Waals surface area contributed by atoms with E-state index in [9.17, 15) is 13.2 Å². The van der Waals surface area contributed by atoms with Gasteiger partial charge in [0, 0.05) is 49.3 Å². The zero-order chi connectivity index (χ0) is 24.1. The minimum absolute atomic E-state index is 0.113. The fourth-order valence-corrected chi connectivity index (χ4v) is 4.88. The first-order valence-corrected chi connectivity index (χ1v) is 12.1. The highest BCUT2D eigenvalue weighted by atomic mass is 32.1. The lowest BCUT2D eigenvalue weighted by atomic mass is 9.92. The number of anilines is 3. The molecule has 2 aliphatic rings. The average molecular weight is 493 g/mol. The number of benzene rings is 2. The van der Waals surface area contributed by atoms with Gasteiger partial charge in [0.2, 0.25) is 0 Å². The maximum atomic E-state index is 13.1. The number of nitrogens with two attached hydrogens (primary N) is 1. The Hall–Kier alpha value is -2.52. The molecule has 0 bridgehead atoms. The molecule has 2 aromatic rings. The van der Waals surface area contributed by atoms with Crippen LogP contribution in [-0.2, 0) is 10.9 Å². The van der Waals surface area contributed by atoms with Crippen LogP contribution in [0.2, 0.25) is 0 Å². The Labute approximate surface area is 204 Å². The number of ether oxygens (including phenoxy) is 1. The summed E-state index contributed by atoms with van der Waals surface area (Å²) in [7, 11) is 0. The van der Waals surface area contributed by atoms with E-state index in [1.807, 2.05) is 6.07 Å². The van der Waals surface area contributed by atoms with Crippen LogP contribution >= 0.6 is 12.2 Å². The smallest absolute Gasteiger partial charge is 0.398 e. The fraction of sp³-hybridized carbons (Fsp3) is 0.480. The molecule has 0 unspecified atom stereocenters. The van der Waals surface area contributed by atoms with Gasteiger partial charge in [-0.25, -0.2) is 0 Å². The average Bonchev–Trinajstić information content (AvgIpc) is 2.84. The molecule has 0 aromatic heterocycles. The van der Waals surface area contributed by atoms with Crippen LogP contribution in [0.1, 0.15) is 31.2 Å². The number of hydrogen-bond acceptors (Lipinski definition) is 5. The highest BCUT2D eigenvalue weighted by Gasteiger charge is 2.33. The van der Waals surface area contributed by atoms with Crippen LogP contribution in [0.15, 0.2) is 48.5 Å². The lowest BCUT2D eigenvalue weighted by molar-refractivity contribution is -0.136. The van der Waals surface area contributed by atoms with E-state index in [1.54, 1.807) is 6.07 Å². The highest BCUT2D eigenvalue weighted by molar-refractivity contribution is 7.80. The lowest BCUT2D eigenvalue weighted by Gasteiger charge is -2.38. The summed E-state index contributed by atoms with van der Waals surface area (Å²) in [5, 5.41) is 3.23. The van der Waals surface area contributed by atoms with E-state index in [2.05, 4.69) is 39.4 Å². The second-order valence-corrected chi connectivity index (χ2v) is 9.40. The molecule has 1 heterocycles. The summed E-state index contributed by atoms with van der Waals surface area (Å²) in [6, 6.07) is 14.5. The number of nitrogens with one attached hydrogen (secondary N) is 1. The third-order valence-corrected chi connectivity index (χ3v) is 6.98. The summed E-state index contributed by atoms with van der Waals surface area (Å²) in [6.07, 6.45) is -0.969. The monoisotopic (exact) mass is 492 g/mol. The van der Waals surface area contributed by atoms with Crippen molar-refractivity contribution >= 4 is 34.3 Å². The molecule has 1 saturated heterocycles. The van der Waals surface area contributed by atoms with Crippen molar-refractivity contribution in [1.82, 2.24) is 4.90 Å². The zero-order valence-electron chi connectivity index (χ0n) is 19.1. The first kappa shape index (κ1) is 24.6. The van der Waals surface area contributed by atoms with Gasteiger partial charge in [-0.2, -0.15) is 13.2 Å². The summed E-state index contributed by atoms with van der Waals surface area (Å²) < 4.78 is 45.4. The lowest BCUT2D eigenvalue weighted by Crippen LogP contribution is -2.49. The SMILES string of the molecule is Nc1ccc(NC2CCC(OCC(=S)N3CCN(c4ccccc4)CC3)CC2)cc1C(F)(F)F. The third-order valence-electron chi connectivity index (χ3n) is 6.60. The zero-order valence-corrected chi connectivity index (χ0v) is 19.9. The second-order valence-electron chi connectivity index (χ2n) is 8.93. The Kier molecular flexibility index (Phi) is 7.83. The minimum atomic E-state index is -4.46. The van der Waals surface area contributed by atoms with Crippen LogP contribution in [0.25, 0.3) is 0 Å². The number of piperazine rings is 1. The summed E-state index contributed by atoms with van der Waals surface area (Å²) >= 11 is 5.63. The molecule has 1 saturated carbocycles. The predicted octanol–water partition coefficient (Wildman–Crippen LogP) is 5.18. The molecule has 5 nitrogen and oxygen atoms in total. The van der Waals surface area contributed by atoms with Crippen LogP contribution in [0, 0.1) is 0 Å². The first-order valence-electron chi connectivity index (χ1n) is 11.7. The van der Waals surface area contributed by atoms with Crippen molar-refractivity contribution in [3.8, 4) is 0 Å². The topological polar surface area (TPSA) is 53.8 Å². The Morgan fingerprint density at radius 2 is 1.68 bits per heavy atom. The van der Waals surface area contributed by atoms with Crippen LogP contribution in [0.3, 0.4) is 0 Å². The van der Waals surface area contributed by atoms with Crippen molar-refractivity contribution in [1.29, 1.82) is 0 Å². The van der Waals surface area contributed by atoms with E-state index in [0.29, 0.717) is 12.3 Å². The number of para-hydroxylation sites is 1. The van der Waals surface area contributed by atoms with Crippen LogP contribution in [0.5, 0.6) is 0 Å². The molecule has 0 amide bonds. The normalized spacial score (nSPS) is 21.4. The number of halogens is 3. The predicted molar refractivity (Wildman–Crippen MR) is 134 cm³/mol. The van der Waals surface area contributed by atoms with E-state index < -0.39 is 11.7 Å². The summed E-state index contributed by atoms with van der Waals surface area (Å²) in [5.74, 6) is 0. The number of alkyl halides is 3. The molecule has 2 fully saturated rings. The molecule has 34 heavy (non-hydrogen) atoms. The van der Waals surface area contributed by atoms with Crippen molar-refractivity contribution in [2.45, 2.75) is 44.0 Å². The molecule has 0 atom stereocenters. The Balaban J connectivity index is 1.18. The van der Waals surface area contributed by atoms with E-state index in [4.69, 9.17) is 22.7 Å². The fourth-order valence-electron chi connectivity index (χ4n) is 4.63. The van der Waals surface area contributed by atoms with Gasteiger partial charge in [-0.1, -0.05) is 30.4 Å². The van der Waals surface area contributed by atoms with E-state index in [1.165, 1.54) is 11.8 Å². The summed E-state index contributed by atoms with van der Waals surface area (Å²) in [6.45, 7) is 4.07. The molecule has 4 rings (SSSR count). The van der Waals surface area contributed by atoms with Crippen molar-refractivity contribution in [3.05, 3.63) is 54.1 Å². The van der Waals surface area contributed by atoms with Gasteiger partial charge in [-0.05, 0) is 56.0 Å². The number of rotatable bonds is 6. The quantitative estimate of drug-likeness (QED) is 0.428. The summed E-state index contributed by atoms with van der Waals surface area (Å²) in [5.41, 5.74) is 6.12. The number of nitrogen functional groups attached to an aromatic ring is 1. The van der Waals surface area contributed by atoms with E-state index in [0.717, 1.165) is 62.9 Å². The highest BCUT2D eigenvalue weighted by Crippen LogP contribution is 2.35. The molecule has 2 aromatic carbocycles. The Bertz CT molecular complexity index is 956. The maximum Gasteiger partial charge on any atom is 0.418 e. The van der Waals surface area contributed by atoms with Gasteiger partial charge in [0.1, 0.15) is 4.99 Å². The Morgan fingerprint density at radius 3 is 2.32 bits per heavy atom. The van der Waals surface area contributed by atoms with Crippen LogP contribution < -0.4 is 16.0 Å². The second kappa shape index (κ2) is 10.8. The van der Waals surface area contributed by atoms with E-state index >= 15 is 0 Å². The molecule has 1 aliphatic carbocycles. The molecular formula is C25H31F3N4OS. The molecule has 184 valence electrons. The van der Waals surface area contributed by atoms with Gasteiger partial charge in [0.05, 0.1) is 18.3 Å².